The van der Waals surface area contributed by atoms with E-state index in [1.807, 2.05) is 0 Å². The van der Waals surface area contributed by atoms with E-state index in [2.05, 4.69) is 15.5 Å². The van der Waals surface area contributed by atoms with E-state index in [-0.39, 0.29) is 30.0 Å². The molecule has 3 aliphatic heterocycles. The molecule has 0 radical (unpaired) electrons. The average Bonchev–Trinajstić information content (AvgIpc) is 3.29. The maximum absolute atomic E-state index is 13.0. The zero-order valence-corrected chi connectivity index (χ0v) is 18.0. The Labute approximate surface area is 186 Å². The first-order valence-electron chi connectivity index (χ1n) is 11.1. The summed E-state index contributed by atoms with van der Waals surface area (Å²) in [5, 5.41) is 5.42. The molecule has 0 spiro atoms. The van der Waals surface area contributed by atoms with Crippen LogP contribution >= 0.6 is 0 Å². The minimum atomic E-state index is -0.966. The number of fused-ring (bicyclic) bond motifs is 1. The maximum Gasteiger partial charge on any atom is 0.264 e. The van der Waals surface area contributed by atoms with Gasteiger partial charge in [0.25, 0.3) is 11.8 Å². The molecule has 3 aliphatic rings. The first-order chi connectivity index (χ1) is 15.5. The van der Waals surface area contributed by atoms with Crippen LogP contribution in [-0.4, -0.2) is 84.9 Å². The molecule has 2 atom stereocenters. The van der Waals surface area contributed by atoms with Crippen LogP contribution in [0.25, 0.3) is 0 Å². The van der Waals surface area contributed by atoms with E-state index in [9.17, 15) is 19.2 Å². The molecule has 0 bridgehead atoms. The van der Waals surface area contributed by atoms with Crippen molar-refractivity contribution in [1.29, 1.82) is 0 Å². The normalized spacial score (nSPS) is 23.6. The number of nitrogens with two attached hydrogens (primary N) is 1. The van der Waals surface area contributed by atoms with Crippen molar-refractivity contribution in [1.82, 2.24) is 15.1 Å². The molecule has 2 fully saturated rings. The Hall–Kier alpha value is -2.82. The highest BCUT2D eigenvalue weighted by Gasteiger charge is 2.45. The minimum Gasteiger partial charge on any atom is -0.384 e. The van der Waals surface area contributed by atoms with Gasteiger partial charge >= 0.3 is 0 Å². The number of imide groups is 2. The van der Waals surface area contributed by atoms with Gasteiger partial charge in [0.1, 0.15) is 6.04 Å². The van der Waals surface area contributed by atoms with Gasteiger partial charge in [0.15, 0.2) is 0 Å². The number of likely N-dealkylation sites (tertiary alicyclic amines) is 1. The summed E-state index contributed by atoms with van der Waals surface area (Å²) in [6.45, 7) is 4.63. The first-order valence-corrected chi connectivity index (χ1v) is 11.1. The predicted octanol–water partition coefficient (Wildman–Crippen LogP) is -0.0606. The Morgan fingerprint density at radius 3 is 2.72 bits per heavy atom. The number of rotatable bonds is 9. The van der Waals surface area contributed by atoms with Gasteiger partial charge < -0.3 is 15.8 Å². The fraction of sp³-hybridized carbons (Fsp3) is 0.545. The lowest BCUT2D eigenvalue weighted by atomic mass is 10.0. The van der Waals surface area contributed by atoms with Gasteiger partial charge in [-0.1, -0.05) is 6.07 Å². The number of nitrogens with zero attached hydrogens (tertiary/aromatic N) is 2. The molecule has 0 aromatic heterocycles. The third kappa shape index (κ3) is 4.67. The molecule has 0 saturated carbocycles. The van der Waals surface area contributed by atoms with E-state index < -0.39 is 29.7 Å². The summed E-state index contributed by atoms with van der Waals surface area (Å²) in [6, 6.07) is 4.34. The highest BCUT2D eigenvalue weighted by atomic mass is 16.5. The molecule has 172 valence electrons. The second-order valence-electron chi connectivity index (χ2n) is 8.42. The second kappa shape index (κ2) is 9.76. The summed E-state index contributed by atoms with van der Waals surface area (Å²) in [6.07, 6.45) is 2.01. The van der Waals surface area contributed by atoms with Gasteiger partial charge in [0.05, 0.1) is 17.7 Å². The van der Waals surface area contributed by atoms with Gasteiger partial charge in [0.2, 0.25) is 11.8 Å². The van der Waals surface area contributed by atoms with E-state index in [0.717, 1.165) is 37.4 Å². The second-order valence-corrected chi connectivity index (χ2v) is 8.42. The molecular formula is C22H29N5O5. The van der Waals surface area contributed by atoms with E-state index in [1.54, 1.807) is 18.2 Å². The Kier molecular flexibility index (Phi) is 6.83. The number of carbonyl (C=O) groups excluding carboxylic acids is 4. The van der Waals surface area contributed by atoms with Crippen molar-refractivity contribution in [2.24, 2.45) is 5.73 Å². The van der Waals surface area contributed by atoms with Crippen LogP contribution in [-0.2, 0) is 14.3 Å². The zero-order valence-electron chi connectivity index (χ0n) is 18.0. The quantitative estimate of drug-likeness (QED) is 0.357. The molecule has 1 aromatic rings. The molecule has 10 nitrogen and oxygen atoms in total. The van der Waals surface area contributed by atoms with Crippen molar-refractivity contribution in [3.8, 4) is 0 Å². The van der Waals surface area contributed by atoms with Gasteiger partial charge in [0, 0.05) is 44.4 Å². The van der Waals surface area contributed by atoms with E-state index in [1.165, 1.54) is 0 Å². The highest BCUT2D eigenvalue weighted by Crippen LogP contribution is 2.32. The molecular weight excluding hydrogens is 414 g/mol. The zero-order chi connectivity index (χ0) is 22.7. The largest absolute Gasteiger partial charge is 0.384 e. The topological polar surface area (TPSA) is 134 Å². The van der Waals surface area contributed by atoms with Crippen LogP contribution in [0.2, 0.25) is 0 Å². The molecule has 2 saturated heterocycles. The van der Waals surface area contributed by atoms with Gasteiger partial charge in [-0.3, -0.25) is 34.3 Å². The molecule has 2 unspecified atom stereocenters. The lowest BCUT2D eigenvalue weighted by Gasteiger charge is -2.27. The first kappa shape index (κ1) is 22.4. The van der Waals surface area contributed by atoms with Crippen molar-refractivity contribution in [2.75, 3.05) is 44.7 Å². The molecule has 32 heavy (non-hydrogen) atoms. The van der Waals surface area contributed by atoms with Crippen LogP contribution in [0.5, 0.6) is 0 Å². The number of hydrogen-bond donors (Lipinski definition) is 3. The summed E-state index contributed by atoms with van der Waals surface area (Å²) < 4.78 is 5.69. The van der Waals surface area contributed by atoms with Crippen LogP contribution in [0.4, 0.5) is 5.69 Å². The van der Waals surface area contributed by atoms with Crippen LogP contribution in [0.15, 0.2) is 18.2 Å². The third-order valence-corrected chi connectivity index (χ3v) is 6.11. The molecule has 0 aliphatic carbocycles. The fourth-order valence-electron chi connectivity index (χ4n) is 4.42. The Bertz CT molecular complexity index is 920. The number of piperidine rings is 1. The number of ether oxygens (including phenoxy) is 1. The van der Waals surface area contributed by atoms with Crippen LogP contribution in [0.1, 0.15) is 46.4 Å². The Morgan fingerprint density at radius 2 is 1.97 bits per heavy atom. The standard InChI is InChI=1S/C22H29N5O5/c23-14-7-9-26(13-14)10-12-32-11-2-8-24-16-4-1-3-15-19(16)22(31)27(21(15)30)17-5-6-18(28)25-20(17)29/h1,3-4,14,17,24H,2,5-13,23H2,(H,25,28,29). The van der Waals surface area contributed by atoms with Gasteiger partial charge in [-0.25, -0.2) is 0 Å². The number of carbonyl (C=O) groups is 4. The van der Waals surface area contributed by atoms with Crippen LogP contribution < -0.4 is 16.4 Å². The molecule has 4 N–H and O–H groups in total. The average molecular weight is 444 g/mol. The number of benzene rings is 1. The minimum absolute atomic E-state index is 0.0967. The smallest absolute Gasteiger partial charge is 0.264 e. The number of anilines is 1. The van der Waals surface area contributed by atoms with Crippen molar-refractivity contribution in [3.05, 3.63) is 29.3 Å². The molecule has 4 rings (SSSR count). The molecule has 1 aromatic carbocycles. The van der Waals surface area contributed by atoms with Crippen LogP contribution in [0.3, 0.4) is 0 Å². The molecule has 3 heterocycles. The van der Waals surface area contributed by atoms with E-state index in [0.29, 0.717) is 25.4 Å². The summed E-state index contributed by atoms with van der Waals surface area (Å²) in [4.78, 5) is 52.8. The maximum atomic E-state index is 13.0. The van der Waals surface area contributed by atoms with Crippen molar-refractivity contribution >= 4 is 29.3 Å². The predicted molar refractivity (Wildman–Crippen MR) is 116 cm³/mol. The van der Waals surface area contributed by atoms with Gasteiger partial charge in [-0.2, -0.15) is 0 Å². The highest BCUT2D eigenvalue weighted by molar-refractivity contribution is 6.25. The number of amides is 4. The van der Waals surface area contributed by atoms with Crippen molar-refractivity contribution in [3.63, 3.8) is 0 Å². The Morgan fingerprint density at radius 1 is 1.12 bits per heavy atom. The summed E-state index contributed by atoms with van der Waals surface area (Å²) in [7, 11) is 0. The lowest BCUT2D eigenvalue weighted by Crippen LogP contribution is -2.54. The number of nitrogens with one attached hydrogen (secondary N) is 2. The SMILES string of the molecule is NC1CCN(CCOCCCNc2cccc3c2C(=O)N(C2CCC(=O)NC2=O)C3=O)C1. The van der Waals surface area contributed by atoms with E-state index >= 15 is 0 Å². The van der Waals surface area contributed by atoms with E-state index in [4.69, 9.17) is 10.5 Å². The monoisotopic (exact) mass is 443 g/mol. The van der Waals surface area contributed by atoms with Gasteiger partial charge in [-0.15, -0.1) is 0 Å². The molecule has 4 amide bonds. The summed E-state index contributed by atoms with van der Waals surface area (Å²) in [5.74, 6) is -2.02. The Balaban J connectivity index is 1.28. The van der Waals surface area contributed by atoms with Crippen LogP contribution in [0, 0.1) is 0 Å². The summed E-state index contributed by atoms with van der Waals surface area (Å²) >= 11 is 0. The van der Waals surface area contributed by atoms with Crippen molar-refractivity contribution < 1.29 is 23.9 Å². The van der Waals surface area contributed by atoms with Gasteiger partial charge in [-0.05, 0) is 37.9 Å². The fourth-order valence-corrected chi connectivity index (χ4v) is 4.42. The lowest BCUT2D eigenvalue weighted by molar-refractivity contribution is -0.136. The molecule has 10 heteroatoms. The number of hydrogen-bond acceptors (Lipinski definition) is 8. The van der Waals surface area contributed by atoms with Crippen molar-refractivity contribution in [2.45, 2.75) is 37.8 Å². The third-order valence-electron chi connectivity index (χ3n) is 6.11. The summed E-state index contributed by atoms with van der Waals surface area (Å²) in [5.41, 5.74) is 7.00.